The highest BCUT2D eigenvalue weighted by atomic mass is 35.5. The molecule has 66 valence electrons. The molecule has 0 aliphatic carbocycles. The van der Waals surface area contributed by atoms with Crippen molar-refractivity contribution in [1.82, 2.24) is 15.2 Å². The van der Waals surface area contributed by atoms with Crippen LogP contribution in [0.1, 0.15) is 5.56 Å². The Morgan fingerprint density at radius 2 is 2.23 bits per heavy atom. The molecule has 0 fully saturated rings. The third-order valence-corrected chi connectivity index (χ3v) is 1.90. The molecule has 0 amide bonds. The van der Waals surface area contributed by atoms with Crippen LogP contribution in [0.15, 0.2) is 24.3 Å². The van der Waals surface area contributed by atoms with Crippen LogP contribution in [0.4, 0.5) is 0 Å². The molecule has 13 heavy (non-hydrogen) atoms. The van der Waals surface area contributed by atoms with Gasteiger partial charge in [0.15, 0.2) is 5.82 Å². The topological polar surface area (TPSA) is 41.6 Å². The van der Waals surface area contributed by atoms with Gasteiger partial charge in [0.1, 0.15) is 0 Å². The van der Waals surface area contributed by atoms with Gasteiger partial charge in [-0.25, -0.2) is 5.10 Å². The first kappa shape index (κ1) is 8.26. The highest BCUT2D eigenvalue weighted by Gasteiger charge is 2.03. The van der Waals surface area contributed by atoms with Crippen LogP contribution in [0.5, 0.6) is 0 Å². The number of aromatic amines is 1. The minimum Gasteiger partial charge on any atom is -0.249 e. The fourth-order valence-corrected chi connectivity index (χ4v) is 1.28. The van der Waals surface area contributed by atoms with E-state index in [0.29, 0.717) is 11.1 Å². The Morgan fingerprint density at radius 3 is 2.85 bits per heavy atom. The van der Waals surface area contributed by atoms with Gasteiger partial charge in [-0.2, -0.15) is 10.1 Å². The lowest BCUT2D eigenvalue weighted by Gasteiger charge is -1.95. The van der Waals surface area contributed by atoms with E-state index in [2.05, 4.69) is 15.2 Å². The SMILES string of the molecule is Cc1cccc(-c2n[nH]c(Cl)n2)c1. The highest BCUT2D eigenvalue weighted by molar-refractivity contribution is 6.28. The van der Waals surface area contributed by atoms with Crippen molar-refractivity contribution in [2.45, 2.75) is 6.92 Å². The molecular weight excluding hydrogens is 186 g/mol. The van der Waals surface area contributed by atoms with Gasteiger partial charge in [-0.3, -0.25) is 0 Å². The predicted molar refractivity (Wildman–Crippen MR) is 51.6 cm³/mol. The van der Waals surface area contributed by atoms with Gasteiger partial charge in [-0.05, 0) is 24.6 Å². The molecule has 1 heterocycles. The van der Waals surface area contributed by atoms with E-state index in [-0.39, 0.29) is 0 Å². The Morgan fingerprint density at radius 1 is 1.38 bits per heavy atom. The number of aromatic nitrogens is 3. The lowest BCUT2D eigenvalue weighted by Crippen LogP contribution is -1.81. The van der Waals surface area contributed by atoms with Gasteiger partial charge in [0.05, 0.1) is 0 Å². The van der Waals surface area contributed by atoms with Gasteiger partial charge in [0.2, 0.25) is 5.28 Å². The second kappa shape index (κ2) is 3.18. The standard InChI is InChI=1S/C9H8ClN3/c1-6-3-2-4-7(5-6)8-11-9(10)13-12-8/h2-5H,1H3,(H,11,12,13). The molecule has 1 N–H and O–H groups in total. The first-order chi connectivity index (χ1) is 6.25. The molecule has 2 rings (SSSR count). The van der Waals surface area contributed by atoms with Crippen molar-refractivity contribution in [3.63, 3.8) is 0 Å². The number of rotatable bonds is 1. The van der Waals surface area contributed by atoms with E-state index < -0.39 is 0 Å². The average molecular weight is 194 g/mol. The van der Waals surface area contributed by atoms with E-state index in [9.17, 15) is 0 Å². The van der Waals surface area contributed by atoms with Crippen LogP contribution in [0.25, 0.3) is 11.4 Å². The van der Waals surface area contributed by atoms with Gasteiger partial charge in [0, 0.05) is 5.56 Å². The van der Waals surface area contributed by atoms with Gasteiger partial charge in [-0.15, -0.1) is 0 Å². The third-order valence-electron chi connectivity index (χ3n) is 1.73. The lowest BCUT2D eigenvalue weighted by atomic mass is 10.1. The second-order valence-corrected chi connectivity index (χ2v) is 3.18. The summed E-state index contributed by atoms with van der Waals surface area (Å²) in [4.78, 5) is 4.02. The second-order valence-electron chi connectivity index (χ2n) is 2.82. The maximum atomic E-state index is 5.62. The summed E-state index contributed by atoms with van der Waals surface area (Å²) in [5.74, 6) is 0.633. The molecule has 0 radical (unpaired) electrons. The van der Waals surface area contributed by atoms with Crippen molar-refractivity contribution >= 4 is 11.6 Å². The molecule has 3 nitrogen and oxygen atoms in total. The third kappa shape index (κ3) is 1.70. The molecule has 0 atom stereocenters. The molecule has 0 aliphatic heterocycles. The lowest BCUT2D eigenvalue weighted by molar-refractivity contribution is 1.09. The van der Waals surface area contributed by atoms with Crippen LogP contribution >= 0.6 is 11.6 Å². The molecule has 0 saturated heterocycles. The van der Waals surface area contributed by atoms with Crippen molar-refractivity contribution in [3.05, 3.63) is 35.1 Å². The van der Waals surface area contributed by atoms with E-state index in [0.717, 1.165) is 5.56 Å². The monoisotopic (exact) mass is 193 g/mol. The molecule has 1 aromatic carbocycles. The van der Waals surface area contributed by atoms with E-state index in [1.807, 2.05) is 31.2 Å². The molecule has 0 bridgehead atoms. The van der Waals surface area contributed by atoms with Gasteiger partial charge in [0.25, 0.3) is 0 Å². The zero-order chi connectivity index (χ0) is 9.26. The highest BCUT2D eigenvalue weighted by Crippen LogP contribution is 2.16. The number of aryl methyl sites for hydroxylation is 1. The van der Waals surface area contributed by atoms with E-state index in [4.69, 9.17) is 11.6 Å². The fourth-order valence-electron chi connectivity index (χ4n) is 1.16. The summed E-state index contributed by atoms with van der Waals surface area (Å²) in [5.41, 5.74) is 2.15. The van der Waals surface area contributed by atoms with Crippen molar-refractivity contribution in [2.75, 3.05) is 0 Å². The minimum atomic E-state index is 0.316. The maximum Gasteiger partial charge on any atom is 0.218 e. The van der Waals surface area contributed by atoms with Crippen molar-refractivity contribution in [3.8, 4) is 11.4 Å². The zero-order valence-corrected chi connectivity index (χ0v) is 7.84. The van der Waals surface area contributed by atoms with Crippen LogP contribution in [0.3, 0.4) is 0 Å². The number of benzene rings is 1. The molecule has 4 heteroatoms. The Bertz CT molecular complexity index is 422. The first-order valence-corrected chi connectivity index (χ1v) is 4.28. The number of nitrogens with one attached hydrogen (secondary N) is 1. The first-order valence-electron chi connectivity index (χ1n) is 3.90. The fraction of sp³-hybridized carbons (Fsp3) is 0.111. The Hall–Kier alpha value is -1.35. The van der Waals surface area contributed by atoms with Crippen molar-refractivity contribution < 1.29 is 0 Å². The summed E-state index contributed by atoms with van der Waals surface area (Å²) in [6, 6.07) is 7.96. The Labute approximate surface area is 80.8 Å². The van der Waals surface area contributed by atoms with Gasteiger partial charge in [-0.1, -0.05) is 23.8 Å². The normalized spacial score (nSPS) is 10.3. The Balaban J connectivity index is 2.46. The minimum absolute atomic E-state index is 0.316. The molecule has 0 saturated carbocycles. The Kier molecular flexibility index (Phi) is 2.02. The summed E-state index contributed by atoms with van der Waals surface area (Å²) < 4.78 is 0. The molecule has 0 spiro atoms. The number of nitrogens with zero attached hydrogens (tertiary/aromatic N) is 2. The van der Waals surface area contributed by atoms with Crippen LogP contribution in [0, 0.1) is 6.92 Å². The molecule has 2 aromatic rings. The van der Waals surface area contributed by atoms with Crippen molar-refractivity contribution in [2.24, 2.45) is 0 Å². The summed E-state index contributed by atoms with van der Waals surface area (Å²) in [5, 5.41) is 6.87. The quantitative estimate of drug-likeness (QED) is 0.756. The maximum absolute atomic E-state index is 5.62. The number of halogens is 1. The van der Waals surface area contributed by atoms with Crippen LogP contribution in [-0.4, -0.2) is 15.2 Å². The van der Waals surface area contributed by atoms with E-state index in [1.165, 1.54) is 5.56 Å². The summed E-state index contributed by atoms with van der Waals surface area (Å²) in [7, 11) is 0. The number of hydrogen-bond acceptors (Lipinski definition) is 2. The largest absolute Gasteiger partial charge is 0.249 e. The summed E-state index contributed by atoms with van der Waals surface area (Å²) in [6.07, 6.45) is 0. The average Bonchev–Trinajstić information content (AvgIpc) is 2.52. The molecule has 0 aliphatic rings. The molecule has 0 unspecified atom stereocenters. The number of H-pyrrole nitrogens is 1. The smallest absolute Gasteiger partial charge is 0.218 e. The van der Waals surface area contributed by atoms with E-state index >= 15 is 0 Å². The summed E-state index contributed by atoms with van der Waals surface area (Å²) >= 11 is 5.62. The van der Waals surface area contributed by atoms with Crippen LogP contribution < -0.4 is 0 Å². The molecule has 1 aromatic heterocycles. The van der Waals surface area contributed by atoms with Crippen molar-refractivity contribution in [1.29, 1.82) is 0 Å². The van der Waals surface area contributed by atoms with E-state index in [1.54, 1.807) is 0 Å². The van der Waals surface area contributed by atoms with Crippen LogP contribution in [0.2, 0.25) is 5.28 Å². The number of hydrogen-bond donors (Lipinski definition) is 1. The predicted octanol–water partition coefficient (Wildman–Crippen LogP) is 2.43. The van der Waals surface area contributed by atoms with Crippen LogP contribution in [-0.2, 0) is 0 Å². The zero-order valence-electron chi connectivity index (χ0n) is 7.08. The molecular formula is C9H8ClN3. The van der Waals surface area contributed by atoms with Gasteiger partial charge < -0.3 is 0 Å². The summed E-state index contributed by atoms with van der Waals surface area (Å²) in [6.45, 7) is 2.03. The van der Waals surface area contributed by atoms with Gasteiger partial charge >= 0.3 is 0 Å².